The molecule has 0 bridgehead atoms. The Balaban J connectivity index is 2.03. The molecule has 1 spiro atoms. The SMILES string of the molecule is CC(C)CC(CN(C)C)NC(=O)CN1C(=O)N(C)C2(CCCCC2)C1=O. The van der Waals surface area contributed by atoms with Gasteiger partial charge in [-0.15, -0.1) is 0 Å². The molecule has 2 fully saturated rings. The quantitative estimate of drug-likeness (QED) is 0.696. The van der Waals surface area contributed by atoms with Crippen molar-refractivity contribution in [2.24, 2.45) is 5.92 Å². The first-order valence-electron chi connectivity index (χ1n) is 9.71. The molecule has 0 aromatic carbocycles. The van der Waals surface area contributed by atoms with Crippen LogP contribution in [0.4, 0.5) is 4.79 Å². The summed E-state index contributed by atoms with van der Waals surface area (Å²) in [6.45, 7) is 4.77. The Morgan fingerprint density at radius 2 is 1.81 bits per heavy atom. The molecular formula is C19H34N4O3. The standard InChI is InChI=1S/C19H34N4O3/c1-14(2)11-15(12-21(3)4)20-16(24)13-23-17(25)19(22(5)18(23)26)9-7-6-8-10-19/h14-15H,6-13H2,1-5H3,(H,20,24). The number of imide groups is 1. The van der Waals surface area contributed by atoms with Crippen molar-refractivity contribution in [1.29, 1.82) is 0 Å². The van der Waals surface area contributed by atoms with Crippen molar-refractivity contribution < 1.29 is 14.4 Å². The molecule has 7 nitrogen and oxygen atoms in total. The van der Waals surface area contributed by atoms with Crippen LogP contribution in [0.25, 0.3) is 0 Å². The Bertz CT molecular complexity index is 531. The molecule has 1 N–H and O–H groups in total. The number of carbonyl (C=O) groups is 3. The van der Waals surface area contributed by atoms with Gasteiger partial charge in [-0.1, -0.05) is 33.1 Å². The van der Waals surface area contributed by atoms with E-state index in [4.69, 9.17) is 0 Å². The molecule has 0 aromatic heterocycles. The smallest absolute Gasteiger partial charge is 0.327 e. The summed E-state index contributed by atoms with van der Waals surface area (Å²) in [5.74, 6) is -0.0136. The van der Waals surface area contributed by atoms with E-state index in [-0.39, 0.29) is 30.4 Å². The van der Waals surface area contributed by atoms with Crippen LogP contribution >= 0.6 is 0 Å². The van der Waals surface area contributed by atoms with E-state index in [1.54, 1.807) is 11.9 Å². The number of nitrogens with one attached hydrogen (secondary N) is 1. The molecule has 1 unspecified atom stereocenters. The molecule has 1 aliphatic heterocycles. The summed E-state index contributed by atoms with van der Waals surface area (Å²) in [6.07, 6.45) is 5.24. The molecule has 7 heteroatoms. The van der Waals surface area contributed by atoms with Gasteiger partial charge in [0.05, 0.1) is 0 Å². The number of amides is 4. The first kappa shape index (κ1) is 20.7. The van der Waals surface area contributed by atoms with E-state index in [1.165, 1.54) is 0 Å². The van der Waals surface area contributed by atoms with Gasteiger partial charge in [-0.25, -0.2) is 4.79 Å². The van der Waals surface area contributed by atoms with Gasteiger partial charge in [0.1, 0.15) is 12.1 Å². The van der Waals surface area contributed by atoms with Crippen molar-refractivity contribution in [3.05, 3.63) is 0 Å². The topological polar surface area (TPSA) is 73.0 Å². The minimum absolute atomic E-state index is 0.00618. The second kappa shape index (κ2) is 8.37. The highest BCUT2D eigenvalue weighted by Crippen LogP contribution is 2.39. The van der Waals surface area contributed by atoms with Crippen LogP contribution in [-0.2, 0) is 9.59 Å². The Morgan fingerprint density at radius 3 is 2.35 bits per heavy atom. The zero-order valence-corrected chi connectivity index (χ0v) is 16.9. The maximum absolute atomic E-state index is 13.0. The summed E-state index contributed by atoms with van der Waals surface area (Å²) in [5.41, 5.74) is -0.726. The van der Waals surface area contributed by atoms with Gasteiger partial charge < -0.3 is 15.1 Å². The van der Waals surface area contributed by atoms with Crippen LogP contribution < -0.4 is 5.32 Å². The van der Waals surface area contributed by atoms with Crippen LogP contribution in [0.1, 0.15) is 52.4 Å². The number of carbonyl (C=O) groups excluding carboxylic acids is 3. The van der Waals surface area contributed by atoms with Crippen molar-refractivity contribution in [3.63, 3.8) is 0 Å². The first-order chi connectivity index (χ1) is 12.2. The monoisotopic (exact) mass is 366 g/mol. The zero-order valence-electron chi connectivity index (χ0n) is 16.9. The molecule has 4 amide bonds. The van der Waals surface area contributed by atoms with E-state index in [1.807, 2.05) is 19.0 Å². The third-order valence-electron chi connectivity index (χ3n) is 5.49. The van der Waals surface area contributed by atoms with Gasteiger partial charge in [0.2, 0.25) is 5.91 Å². The minimum atomic E-state index is -0.726. The zero-order chi connectivity index (χ0) is 19.5. The predicted molar refractivity (Wildman–Crippen MR) is 101 cm³/mol. The van der Waals surface area contributed by atoms with E-state index in [9.17, 15) is 14.4 Å². The summed E-state index contributed by atoms with van der Waals surface area (Å²) in [7, 11) is 5.63. The number of hydrogen-bond donors (Lipinski definition) is 1. The molecule has 1 heterocycles. The third kappa shape index (κ3) is 4.37. The van der Waals surface area contributed by atoms with Crippen LogP contribution in [0.3, 0.4) is 0 Å². The lowest BCUT2D eigenvalue weighted by Crippen LogP contribution is -2.50. The number of urea groups is 1. The van der Waals surface area contributed by atoms with Gasteiger partial charge in [0.15, 0.2) is 0 Å². The molecule has 2 aliphatic rings. The van der Waals surface area contributed by atoms with Crippen LogP contribution in [0.2, 0.25) is 0 Å². The maximum atomic E-state index is 13.0. The molecular weight excluding hydrogens is 332 g/mol. The van der Waals surface area contributed by atoms with E-state index >= 15 is 0 Å². The molecule has 0 radical (unpaired) electrons. The summed E-state index contributed by atoms with van der Waals surface area (Å²) < 4.78 is 0. The number of nitrogens with zero attached hydrogens (tertiary/aromatic N) is 3. The Morgan fingerprint density at radius 1 is 1.19 bits per heavy atom. The average molecular weight is 367 g/mol. The van der Waals surface area contributed by atoms with E-state index < -0.39 is 5.54 Å². The molecule has 1 atom stereocenters. The van der Waals surface area contributed by atoms with Crippen molar-refractivity contribution in [3.8, 4) is 0 Å². The van der Waals surface area contributed by atoms with Crippen LogP contribution in [-0.4, -0.2) is 78.4 Å². The summed E-state index contributed by atoms with van der Waals surface area (Å²) in [4.78, 5) is 42.8. The second-order valence-electron chi connectivity index (χ2n) is 8.48. The minimum Gasteiger partial charge on any atom is -0.351 e. The van der Waals surface area contributed by atoms with Crippen LogP contribution in [0, 0.1) is 5.92 Å². The Labute approximate surface area is 157 Å². The largest absolute Gasteiger partial charge is 0.351 e. The fraction of sp³-hybridized carbons (Fsp3) is 0.842. The third-order valence-corrected chi connectivity index (χ3v) is 5.49. The summed E-state index contributed by atoms with van der Waals surface area (Å²) >= 11 is 0. The summed E-state index contributed by atoms with van der Waals surface area (Å²) in [5, 5.41) is 3.01. The van der Waals surface area contributed by atoms with Crippen molar-refractivity contribution in [2.45, 2.75) is 64.0 Å². The first-order valence-corrected chi connectivity index (χ1v) is 9.71. The van der Waals surface area contributed by atoms with Gasteiger partial charge in [0.25, 0.3) is 5.91 Å². The van der Waals surface area contributed by atoms with E-state index in [0.717, 1.165) is 37.1 Å². The van der Waals surface area contributed by atoms with Crippen molar-refractivity contribution >= 4 is 17.8 Å². The van der Waals surface area contributed by atoms with Crippen molar-refractivity contribution in [1.82, 2.24) is 20.0 Å². The van der Waals surface area contributed by atoms with Crippen LogP contribution in [0.15, 0.2) is 0 Å². The van der Waals surface area contributed by atoms with Gasteiger partial charge in [-0.2, -0.15) is 0 Å². The number of likely N-dealkylation sites (N-methyl/N-ethyl adjacent to an activating group) is 2. The Hall–Kier alpha value is -1.63. The molecule has 26 heavy (non-hydrogen) atoms. The molecule has 2 rings (SSSR count). The van der Waals surface area contributed by atoms with Gasteiger partial charge in [-0.05, 0) is 39.3 Å². The lowest BCUT2D eigenvalue weighted by atomic mass is 9.81. The molecule has 1 saturated heterocycles. The molecule has 1 saturated carbocycles. The highest BCUT2D eigenvalue weighted by Gasteiger charge is 2.55. The van der Waals surface area contributed by atoms with Crippen LogP contribution in [0.5, 0.6) is 0 Å². The fourth-order valence-electron chi connectivity index (χ4n) is 4.28. The molecule has 148 valence electrons. The molecule has 1 aliphatic carbocycles. The number of rotatable bonds is 7. The Kier molecular flexibility index (Phi) is 6.66. The van der Waals surface area contributed by atoms with Gasteiger partial charge >= 0.3 is 6.03 Å². The van der Waals surface area contributed by atoms with Crippen molar-refractivity contribution in [2.75, 3.05) is 34.2 Å². The highest BCUT2D eigenvalue weighted by molar-refractivity contribution is 6.08. The lowest BCUT2D eigenvalue weighted by Gasteiger charge is -2.35. The maximum Gasteiger partial charge on any atom is 0.327 e. The lowest BCUT2D eigenvalue weighted by molar-refractivity contribution is -0.137. The number of hydrogen-bond acceptors (Lipinski definition) is 4. The predicted octanol–water partition coefficient (Wildman–Crippen LogP) is 1.68. The van der Waals surface area contributed by atoms with Gasteiger partial charge in [-0.3, -0.25) is 14.5 Å². The fourth-order valence-corrected chi connectivity index (χ4v) is 4.28. The average Bonchev–Trinajstić information content (AvgIpc) is 2.71. The normalized spacial score (nSPS) is 21.2. The van der Waals surface area contributed by atoms with E-state index in [0.29, 0.717) is 18.8 Å². The molecule has 0 aromatic rings. The highest BCUT2D eigenvalue weighted by atomic mass is 16.2. The summed E-state index contributed by atoms with van der Waals surface area (Å²) in [6, 6.07) is -0.341. The second-order valence-corrected chi connectivity index (χ2v) is 8.48. The van der Waals surface area contributed by atoms with Gasteiger partial charge in [0, 0.05) is 19.6 Å². The van der Waals surface area contributed by atoms with E-state index in [2.05, 4.69) is 19.2 Å².